The van der Waals surface area contributed by atoms with Gasteiger partial charge in [-0.2, -0.15) is 0 Å². The molecule has 3 aromatic rings. The largest absolute Gasteiger partial charge is 0.454 e. The molecule has 2 aromatic carbocycles. The van der Waals surface area contributed by atoms with Crippen LogP contribution in [0.5, 0.6) is 0 Å². The summed E-state index contributed by atoms with van der Waals surface area (Å²) in [4.78, 5) is 48.2. The van der Waals surface area contributed by atoms with E-state index in [9.17, 15) is 19.2 Å². The molecule has 0 saturated carbocycles. The van der Waals surface area contributed by atoms with Crippen molar-refractivity contribution in [3.05, 3.63) is 86.5 Å². The summed E-state index contributed by atoms with van der Waals surface area (Å²) in [7, 11) is 0. The van der Waals surface area contributed by atoms with Crippen LogP contribution in [0.4, 0.5) is 5.69 Å². The molecule has 0 aliphatic carbocycles. The molecule has 0 aliphatic heterocycles. The minimum absolute atomic E-state index is 0.231. The van der Waals surface area contributed by atoms with Crippen molar-refractivity contribution in [2.45, 2.75) is 13.5 Å². The SMILES string of the molecule is Cc1csc(=O)n1CC(=O)OCC(=O)Nc1ccccc1C(=O)c1ccccc1. The highest BCUT2D eigenvalue weighted by atomic mass is 32.1. The molecule has 3 rings (SSSR count). The summed E-state index contributed by atoms with van der Waals surface area (Å²) in [6, 6.07) is 15.3. The van der Waals surface area contributed by atoms with Crippen LogP contribution < -0.4 is 10.2 Å². The van der Waals surface area contributed by atoms with Gasteiger partial charge in [0.15, 0.2) is 12.4 Å². The number of ketones is 1. The third-order valence-corrected chi connectivity index (χ3v) is 4.99. The highest BCUT2D eigenvalue weighted by Crippen LogP contribution is 2.19. The van der Waals surface area contributed by atoms with Crippen LogP contribution in [-0.4, -0.2) is 28.8 Å². The number of amides is 1. The Morgan fingerprint density at radius 1 is 1.03 bits per heavy atom. The van der Waals surface area contributed by atoms with Gasteiger partial charge in [0.2, 0.25) is 0 Å². The lowest BCUT2D eigenvalue weighted by atomic mass is 10.0. The molecule has 0 atom stereocenters. The lowest BCUT2D eigenvalue weighted by molar-refractivity contribution is -0.147. The number of nitrogens with zero attached hydrogens (tertiary/aromatic N) is 1. The number of carbonyl (C=O) groups excluding carboxylic acids is 3. The first-order chi connectivity index (χ1) is 14.0. The number of aromatic nitrogens is 1. The van der Waals surface area contributed by atoms with Crippen LogP contribution in [0.3, 0.4) is 0 Å². The second-order valence-corrected chi connectivity index (χ2v) is 7.00. The second-order valence-electron chi connectivity index (χ2n) is 6.18. The van der Waals surface area contributed by atoms with E-state index in [0.29, 0.717) is 22.5 Å². The van der Waals surface area contributed by atoms with Crippen molar-refractivity contribution in [1.82, 2.24) is 4.57 Å². The highest BCUT2D eigenvalue weighted by Gasteiger charge is 2.16. The second kappa shape index (κ2) is 9.11. The molecule has 1 aromatic heterocycles. The number of anilines is 1. The molecule has 1 amide bonds. The van der Waals surface area contributed by atoms with Crippen LogP contribution in [-0.2, 0) is 20.9 Å². The van der Waals surface area contributed by atoms with Crippen molar-refractivity contribution >= 4 is 34.7 Å². The molecule has 148 valence electrons. The van der Waals surface area contributed by atoms with E-state index >= 15 is 0 Å². The maximum absolute atomic E-state index is 12.7. The number of nitrogens with one attached hydrogen (secondary N) is 1. The predicted molar refractivity (Wildman–Crippen MR) is 109 cm³/mol. The third kappa shape index (κ3) is 5.05. The van der Waals surface area contributed by atoms with Gasteiger partial charge in [-0.25, -0.2) is 0 Å². The van der Waals surface area contributed by atoms with E-state index in [1.165, 1.54) is 4.57 Å². The van der Waals surface area contributed by atoms with Gasteiger partial charge in [0.05, 0.1) is 5.69 Å². The number of hydrogen-bond donors (Lipinski definition) is 1. The van der Waals surface area contributed by atoms with Crippen LogP contribution in [0.1, 0.15) is 21.6 Å². The van der Waals surface area contributed by atoms with Gasteiger partial charge < -0.3 is 10.1 Å². The van der Waals surface area contributed by atoms with Gasteiger partial charge in [-0.1, -0.05) is 53.8 Å². The Morgan fingerprint density at radius 2 is 1.72 bits per heavy atom. The topological polar surface area (TPSA) is 94.5 Å². The molecule has 0 spiro atoms. The number of hydrogen-bond acceptors (Lipinski definition) is 6. The number of para-hydroxylation sites is 1. The number of ether oxygens (including phenoxy) is 1. The average Bonchev–Trinajstić information content (AvgIpc) is 3.05. The summed E-state index contributed by atoms with van der Waals surface area (Å²) >= 11 is 0.990. The summed E-state index contributed by atoms with van der Waals surface area (Å²) in [6.07, 6.45) is 0. The number of benzene rings is 2. The Kier molecular flexibility index (Phi) is 6.36. The quantitative estimate of drug-likeness (QED) is 0.477. The van der Waals surface area contributed by atoms with Crippen LogP contribution in [0.15, 0.2) is 64.8 Å². The number of carbonyl (C=O) groups is 3. The summed E-state index contributed by atoms with van der Waals surface area (Å²) in [6.45, 7) is 0.924. The lowest BCUT2D eigenvalue weighted by Crippen LogP contribution is -2.26. The van der Waals surface area contributed by atoms with Crippen molar-refractivity contribution in [2.75, 3.05) is 11.9 Å². The van der Waals surface area contributed by atoms with E-state index in [1.807, 2.05) is 6.07 Å². The maximum Gasteiger partial charge on any atom is 0.326 e. The molecule has 0 aliphatic rings. The van der Waals surface area contributed by atoms with Gasteiger partial charge in [-0.15, -0.1) is 0 Å². The molecule has 0 saturated heterocycles. The Bertz CT molecular complexity index is 1100. The van der Waals surface area contributed by atoms with E-state index < -0.39 is 18.5 Å². The Balaban J connectivity index is 1.62. The lowest BCUT2D eigenvalue weighted by Gasteiger charge is -2.11. The molecule has 1 N–H and O–H groups in total. The molecule has 7 nitrogen and oxygen atoms in total. The Morgan fingerprint density at radius 3 is 2.41 bits per heavy atom. The monoisotopic (exact) mass is 410 g/mol. The van der Waals surface area contributed by atoms with Gasteiger partial charge in [-0.05, 0) is 19.1 Å². The number of thiazole rings is 1. The molecule has 29 heavy (non-hydrogen) atoms. The fourth-order valence-corrected chi connectivity index (χ4v) is 3.37. The predicted octanol–water partition coefficient (Wildman–Crippen LogP) is 2.63. The van der Waals surface area contributed by atoms with E-state index in [4.69, 9.17) is 4.74 Å². The van der Waals surface area contributed by atoms with Gasteiger partial charge >= 0.3 is 10.8 Å². The minimum atomic E-state index is -0.697. The normalized spacial score (nSPS) is 10.4. The van der Waals surface area contributed by atoms with Crippen molar-refractivity contribution in [3.63, 3.8) is 0 Å². The van der Waals surface area contributed by atoms with Crippen LogP contribution in [0.2, 0.25) is 0 Å². The number of aryl methyl sites for hydroxylation is 1. The highest BCUT2D eigenvalue weighted by molar-refractivity contribution is 7.07. The minimum Gasteiger partial charge on any atom is -0.454 e. The molecule has 8 heteroatoms. The summed E-state index contributed by atoms with van der Waals surface area (Å²) in [5.41, 5.74) is 1.80. The zero-order valence-electron chi connectivity index (χ0n) is 15.6. The van der Waals surface area contributed by atoms with Crippen molar-refractivity contribution in [2.24, 2.45) is 0 Å². The van der Waals surface area contributed by atoms with Crippen molar-refractivity contribution < 1.29 is 19.1 Å². The number of esters is 1. The van der Waals surface area contributed by atoms with E-state index in [-0.39, 0.29) is 17.2 Å². The van der Waals surface area contributed by atoms with Crippen LogP contribution >= 0.6 is 11.3 Å². The Hall–Kier alpha value is -3.52. The first kappa shape index (κ1) is 20.2. The molecule has 0 bridgehead atoms. The van der Waals surface area contributed by atoms with Crippen LogP contribution in [0.25, 0.3) is 0 Å². The first-order valence-corrected chi connectivity index (χ1v) is 9.63. The fourth-order valence-electron chi connectivity index (χ4n) is 2.64. The first-order valence-electron chi connectivity index (χ1n) is 8.75. The average molecular weight is 410 g/mol. The van der Waals surface area contributed by atoms with Crippen LogP contribution in [0, 0.1) is 6.92 Å². The Labute approximate surface area is 170 Å². The third-order valence-electron chi connectivity index (χ3n) is 4.11. The van der Waals surface area contributed by atoms with Crippen molar-refractivity contribution in [1.29, 1.82) is 0 Å². The number of rotatable bonds is 7. The van der Waals surface area contributed by atoms with Crippen molar-refractivity contribution in [3.8, 4) is 0 Å². The molecule has 1 heterocycles. The summed E-state index contributed by atoms with van der Waals surface area (Å²) in [5, 5.41) is 4.24. The zero-order chi connectivity index (χ0) is 20.8. The molecule has 0 fully saturated rings. The van der Waals surface area contributed by atoms with E-state index in [1.54, 1.807) is 60.8 Å². The molecule has 0 radical (unpaired) electrons. The fraction of sp³-hybridized carbons (Fsp3) is 0.143. The smallest absolute Gasteiger partial charge is 0.326 e. The van der Waals surface area contributed by atoms with Gasteiger partial charge in [0, 0.05) is 22.2 Å². The zero-order valence-corrected chi connectivity index (χ0v) is 16.4. The van der Waals surface area contributed by atoms with Gasteiger partial charge in [0.1, 0.15) is 6.54 Å². The van der Waals surface area contributed by atoms with E-state index in [2.05, 4.69) is 5.32 Å². The van der Waals surface area contributed by atoms with Gasteiger partial charge in [-0.3, -0.25) is 23.7 Å². The van der Waals surface area contributed by atoms with E-state index in [0.717, 1.165) is 11.3 Å². The molecular formula is C21H18N2O5S. The summed E-state index contributed by atoms with van der Waals surface area (Å²) in [5.74, 6) is -1.51. The standard InChI is InChI=1S/C21H18N2O5S/c1-14-13-29-21(27)23(14)11-19(25)28-12-18(24)22-17-10-6-5-9-16(17)20(26)15-7-3-2-4-8-15/h2-10,13H,11-12H2,1H3,(H,22,24). The van der Waals surface area contributed by atoms with Gasteiger partial charge in [0.25, 0.3) is 5.91 Å². The summed E-state index contributed by atoms with van der Waals surface area (Å²) < 4.78 is 6.23. The maximum atomic E-state index is 12.7. The molecular weight excluding hydrogens is 392 g/mol. The molecule has 0 unspecified atom stereocenters.